The lowest BCUT2D eigenvalue weighted by atomic mass is 9.86. The third kappa shape index (κ3) is 9.95. The molecule has 18 heteroatoms. The number of nitro groups is 2. The van der Waals surface area contributed by atoms with Crippen LogP contribution in [0.5, 0.6) is 11.5 Å². The highest BCUT2D eigenvalue weighted by Gasteiger charge is 2.43. The third-order valence-corrected chi connectivity index (χ3v) is 18.8. The number of hydrogen-bond donors (Lipinski definition) is 0. The Bertz CT molecular complexity index is 2490. The molecule has 0 saturated carbocycles. The van der Waals surface area contributed by atoms with Crippen molar-refractivity contribution >= 4 is 92.6 Å². The van der Waals surface area contributed by atoms with Gasteiger partial charge in [0.05, 0.1) is 69.7 Å². The summed E-state index contributed by atoms with van der Waals surface area (Å²) in [5.74, 6) is 4.00. The number of carbonyl (C=O) groups is 2. The predicted octanol–water partition coefficient (Wildman–Crippen LogP) is 11.4. The molecule has 0 spiro atoms. The van der Waals surface area contributed by atoms with Crippen LogP contribution in [0.15, 0.2) is 59.9 Å². The zero-order valence-electron chi connectivity index (χ0n) is 39.9. The van der Waals surface area contributed by atoms with E-state index < -0.39 is 22.1 Å². The molecule has 2 amide bonds. The van der Waals surface area contributed by atoms with Crippen molar-refractivity contribution in [3.63, 3.8) is 0 Å². The number of carbonyl (C=O) groups excluding carboxylic acids is 2. The van der Waals surface area contributed by atoms with E-state index in [0.29, 0.717) is 68.7 Å². The molecule has 4 atom stereocenters. The molecular weight excluding hydrogens is 957 g/mol. The minimum Gasteiger partial charge on any atom is -0.496 e. The summed E-state index contributed by atoms with van der Waals surface area (Å²) in [7, 11) is 3.03. The van der Waals surface area contributed by atoms with Crippen LogP contribution < -0.4 is 9.47 Å². The Morgan fingerprint density at radius 1 is 0.652 bits per heavy atom. The molecule has 2 heterocycles. The lowest BCUT2D eigenvalue weighted by molar-refractivity contribution is -0.437. The third-order valence-electron chi connectivity index (χ3n) is 13.3. The fourth-order valence-corrected chi connectivity index (χ4v) is 16.2. The highest BCUT2D eigenvalue weighted by molar-refractivity contribution is 8.17. The van der Waals surface area contributed by atoms with Crippen LogP contribution in [-0.4, -0.2) is 116 Å². The topological polar surface area (TPSA) is 164 Å². The van der Waals surface area contributed by atoms with Crippen LogP contribution in [-0.2, 0) is 9.47 Å². The highest BCUT2D eigenvalue weighted by Crippen LogP contribution is 2.48. The van der Waals surface area contributed by atoms with Crippen LogP contribution in [0.4, 0.5) is 0 Å². The normalized spacial score (nSPS) is 19.7. The SMILES string of the molecule is CCSC(SCC)C1CCCN1C(=O)c1c(OC)cc2cccc3c2c1C=C([N+](=O)[O-])C3OCCCOC1C([N+](=O)[O-])=Cc2c(C(=O)N3CCCC3C(SCC)SCC)c(OC)cc3cccc1c23. The van der Waals surface area contributed by atoms with E-state index in [9.17, 15) is 29.8 Å². The fourth-order valence-electron chi connectivity index (χ4n) is 10.5. The second-order valence-electron chi connectivity index (χ2n) is 17.1. The summed E-state index contributed by atoms with van der Waals surface area (Å²) in [4.78, 5) is 58.3. The van der Waals surface area contributed by atoms with Crippen molar-refractivity contribution in [2.45, 2.75) is 93.3 Å². The first-order valence-electron chi connectivity index (χ1n) is 23.8. The molecule has 8 rings (SSSR count). The van der Waals surface area contributed by atoms with E-state index in [2.05, 4.69) is 27.7 Å². The van der Waals surface area contributed by atoms with Crippen molar-refractivity contribution in [1.82, 2.24) is 9.80 Å². The van der Waals surface area contributed by atoms with Gasteiger partial charge in [-0.3, -0.25) is 29.8 Å². The number of rotatable bonds is 22. The van der Waals surface area contributed by atoms with Crippen LogP contribution in [0.3, 0.4) is 0 Å². The highest BCUT2D eigenvalue weighted by atomic mass is 32.2. The molecule has 4 aliphatic rings. The van der Waals surface area contributed by atoms with Gasteiger partial charge in [-0.15, -0.1) is 47.0 Å². The number of hydrogen-bond acceptors (Lipinski definition) is 14. The molecule has 14 nitrogen and oxygen atoms in total. The van der Waals surface area contributed by atoms with Crippen LogP contribution in [0.1, 0.15) is 115 Å². The molecule has 368 valence electrons. The number of amides is 2. The summed E-state index contributed by atoms with van der Waals surface area (Å²) in [5, 5.41) is 28.8. The van der Waals surface area contributed by atoms with Gasteiger partial charge in [0.25, 0.3) is 23.2 Å². The van der Waals surface area contributed by atoms with Gasteiger partial charge < -0.3 is 28.7 Å². The molecule has 2 saturated heterocycles. The molecular formula is C51H60N4O10S4. The molecule has 0 bridgehead atoms. The Labute approximate surface area is 420 Å². The first-order chi connectivity index (χ1) is 33.5. The van der Waals surface area contributed by atoms with Crippen molar-refractivity contribution in [2.24, 2.45) is 0 Å². The fraction of sp³-hybridized carbons (Fsp3) is 0.490. The zero-order chi connectivity index (χ0) is 48.9. The van der Waals surface area contributed by atoms with Gasteiger partial charge in [-0.1, -0.05) is 64.1 Å². The maximum Gasteiger partial charge on any atom is 0.279 e. The lowest BCUT2D eigenvalue weighted by Gasteiger charge is -2.32. The second kappa shape index (κ2) is 22.7. The van der Waals surface area contributed by atoms with E-state index in [1.54, 1.807) is 12.1 Å². The molecule has 69 heavy (non-hydrogen) atoms. The number of likely N-dealkylation sites (tertiary alicyclic amines) is 2. The minimum atomic E-state index is -1.07. The van der Waals surface area contributed by atoms with Crippen molar-refractivity contribution in [2.75, 3.05) is 63.5 Å². The predicted molar refractivity (Wildman–Crippen MR) is 281 cm³/mol. The monoisotopic (exact) mass is 1020 g/mol. The van der Waals surface area contributed by atoms with Gasteiger partial charge in [0.2, 0.25) is 0 Å². The first-order valence-corrected chi connectivity index (χ1v) is 28.0. The van der Waals surface area contributed by atoms with Crippen molar-refractivity contribution in [1.29, 1.82) is 0 Å². The van der Waals surface area contributed by atoms with E-state index >= 15 is 0 Å². The Hall–Kier alpha value is -4.46. The second-order valence-corrected chi connectivity index (χ2v) is 23.4. The van der Waals surface area contributed by atoms with Crippen LogP contribution in [0.25, 0.3) is 33.7 Å². The van der Waals surface area contributed by atoms with Gasteiger partial charge in [-0.25, -0.2) is 0 Å². The molecule has 4 unspecified atom stereocenters. The van der Waals surface area contributed by atoms with Gasteiger partial charge in [0.1, 0.15) is 11.5 Å². The van der Waals surface area contributed by atoms with Crippen LogP contribution in [0, 0.1) is 20.2 Å². The smallest absolute Gasteiger partial charge is 0.279 e. The Kier molecular flexibility index (Phi) is 16.8. The summed E-state index contributed by atoms with van der Waals surface area (Å²) in [6, 6.07) is 14.7. The van der Waals surface area contributed by atoms with Crippen molar-refractivity contribution in [3.8, 4) is 11.5 Å². The largest absolute Gasteiger partial charge is 0.496 e. The maximum absolute atomic E-state index is 14.8. The quantitative estimate of drug-likeness (QED) is 0.0316. The minimum absolute atomic E-state index is 0.00899. The number of methoxy groups -OCH3 is 2. The van der Waals surface area contributed by atoms with Crippen LogP contribution in [0.2, 0.25) is 0 Å². The average Bonchev–Trinajstić information content (AvgIpc) is 4.05. The van der Waals surface area contributed by atoms with Gasteiger partial charge in [0, 0.05) is 47.5 Å². The first kappa shape index (κ1) is 50.9. The maximum atomic E-state index is 14.8. The summed E-state index contributed by atoms with van der Waals surface area (Å²) in [6.45, 7) is 9.72. The van der Waals surface area contributed by atoms with Gasteiger partial charge >= 0.3 is 0 Å². The standard InChI is InChI=1S/C51H60N4O10S4/c1-7-66-50(67-8-2)36-20-13-22-52(36)48(56)44-34-28-38(54(58)59)46(32-18-11-16-30(42(32)34)26-40(44)62-5)64-24-15-25-65-47-33-19-12-17-31-27-41(63-6)45(35(43(31)33)29-39(47)55(60)61)49(57)53-23-14-21-37(53)51(68-9-3)69-10-4/h11-12,16-19,26-29,36-37,46-47,50-51H,7-10,13-15,20-25H2,1-6H3. The van der Waals surface area contributed by atoms with Gasteiger partial charge in [-0.05, 0) is 88.8 Å². The molecule has 0 aromatic heterocycles. The van der Waals surface area contributed by atoms with Crippen molar-refractivity contribution in [3.05, 3.63) is 114 Å². The molecule has 0 radical (unpaired) electrons. The molecule has 0 N–H and O–H groups in total. The van der Waals surface area contributed by atoms with E-state index in [-0.39, 0.29) is 64.1 Å². The van der Waals surface area contributed by atoms with Crippen LogP contribution >= 0.6 is 47.0 Å². The molecule has 4 aromatic rings. The Morgan fingerprint density at radius 3 is 1.39 bits per heavy atom. The molecule has 4 aromatic carbocycles. The van der Waals surface area contributed by atoms with E-state index in [0.717, 1.165) is 59.5 Å². The number of thioether (sulfide) groups is 4. The average molecular weight is 1020 g/mol. The zero-order valence-corrected chi connectivity index (χ0v) is 43.2. The Balaban J connectivity index is 1.05. The van der Waals surface area contributed by atoms with Gasteiger partial charge in [-0.2, -0.15) is 0 Å². The van der Waals surface area contributed by atoms with E-state index in [1.807, 2.05) is 93.2 Å². The van der Waals surface area contributed by atoms with Crippen molar-refractivity contribution < 1.29 is 38.4 Å². The number of benzene rings is 4. The van der Waals surface area contributed by atoms with E-state index in [4.69, 9.17) is 18.9 Å². The molecule has 2 aliphatic carbocycles. The number of nitrogens with zero attached hydrogens (tertiary/aromatic N) is 4. The summed E-state index contributed by atoms with van der Waals surface area (Å²) >= 11 is 7.37. The summed E-state index contributed by atoms with van der Waals surface area (Å²) < 4.78 is 24.9. The summed E-state index contributed by atoms with van der Waals surface area (Å²) in [5.41, 5.74) is 2.19. The molecule has 2 fully saturated rings. The van der Waals surface area contributed by atoms with Gasteiger partial charge in [0.15, 0.2) is 12.2 Å². The van der Waals surface area contributed by atoms with E-state index in [1.165, 1.54) is 26.4 Å². The summed E-state index contributed by atoms with van der Waals surface area (Å²) in [6.07, 6.45) is 4.54. The Morgan fingerprint density at radius 2 is 1.04 bits per heavy atom. The molecule has 2 aliphatic heterocycles. The number of ether oxygens (including phenoxy) is 4. The lowest BCUT2D eigenvalue weighted by Crippen LogP contribution is -2.41.